The van der Waals surface area contributed by atoms with Crippen LogP contribution in [0, 0.1) is 0 Å². The van der Waals surface area contributed by atoms with Crippen molar-refractivity contribution in [2.75, 3.05) is 7.11 Å². The maximum atomic E-state index is 9.18. The largest absolute Gasteiger partial charge is 0.497 e. The number of ether oxygens (including phenoxy) is 1. The first-order valence-corrected chi connectivity index (χ1v) is 8.88. The van der Waals surface area contributed by atoms with Crippen molar-refractivity contribution in [3.05, 3.63) is 101 Å². The van der Waals surface area contributed by atoms with Gasteiger partial charge >= 0.3 is 0 Å². The summed E-state index contributed by atoms with van der Waals surface area (Å²) < 4.78 is 5.35. The van der Waals surface area contributed by atoms with Crippen LogP contribution < -0.4 is 10.1 Å². The first-order valence-electron chi connectivity index (χ1n) is 8.88. The molecule has 0 saturated carbocycles. The van der Waals surface area contributed by atoms with Crippen LogP contribution in [0.2, 0.25) is 0 Å². The average molecular weight is 347 g/mol. The van der Waals surface area contributed by atoms with E-state index in [9.17, 15) is 5.11 Å². The van der Waals surface area contributed by atoms with Crippen LogP contribution in [0.3, 0.4) is 0 Å². The fourth-order valence-electron chi connectivity index (χ4n) is 3.03. The number of benzene rings is 3. The van der Waals surface area contributed by atoms with Gasteiger partial charge in [0.1, 0.15) is 5.75 Å². The van der Waals surface area contributed by atoms with Crippen molar-refractivity contribution >= 4 is 0 Å². The number of nitrogens with one attached hydrogen (secondary N) is 1. The predicted molar refractivity (Wildman–Crippen MR) is 105 cm³/mol. The summed E-state index contributed by atoms with van der Waals surface area (Å²) in [5, 5.41) is 12.8. The number of aliphatic hydroxyl groups is 1. The van der Waals surface area contributed by atoms with E-state index in [2.05, 4.69) is 53.8 Å². The second-order valence-corrected chi connectivity index (χ2v) is 6.37. The number of rotatable bonds is 8. The summed E-state index contributed by atoms with van der Waals surface area (Å²) in [4.78, 5) is 0. The topological polar surface area (TPSA) is 41.5 Å². The van der Waals surface area contributed by atoms with E-state index >= 15 is 0 Å². The maximum absolute atomic E-state index is 9.18. The normalized spacial score (nSPS) is 11.9. The molecule has 0 heterocycles. The van der Waals surface area contributed by atoms with Gasteiger partial charge in [0.15, 0.2) is 0 Å². The van der Waals surface area contributed by atoms with Gasteiger partial charge in [-0.1, -0.05) is 66.7 Å². The lowest BCUT2D eigenvalue weighted by Crippen LogP contribution is -2.23. The van der Waals surface area contributed by atoms with Crippen LogP contribution in [0.4, 0.5) is 0 Å². The van der Waals surface area contributed by atoms with Crippen LogP contribution in [0.1, 0.15) is 28.3 Å². The number of aliphatic hydroxyl groups excluding tert-OH is 1. The zero-order valence-corrected chi connectivity index (χ0v) is 15.1. The third-order valence-corrected chi connectivity index (χ3v) is 4.53. The Balaban J connectivity index is 1.74. The Labute approximate surface area is 155 Å². The molecule has 0 saturated heterocycles. The molecule has 0 amide bonds. The Morgan fingerprint density at radius 3 is 2.27 bits per heavy atom. The molecule has 26 heavy (non-hydrogen) atoms. The van der Waals surface area contributed by atoms with Crippen LogP contribution in [0.5, 0.6) is 5.75 Å². The molecule has 0 radical (unpaired) electrons. The Hall–Kier alpha value is -2.62. The Kier molecular flexibility index (Phi) is 6.42. The molecule has 0 aliphatic heterocycles. The molecule has 0 bridgehead atoms. The third kappa shape index (κ3) is 4.94. The van der Waals surface area contributed by atoms with E-state index < -0.39 is 0 Å². The SMILES string of the molecule is COc1cccc(CC(NCc2ccc(CO)cc2)c2ccccc2)c1. The summed E-state index contributed by atoms with van der Waals surface area (Å²) in [6.45, 7) is 0.853. The average Bonchev–Trinajstić information content (AvgIpc) is 2.72. The van der Waals surface area contributed by atoms with E-state index in [4.69, 9.17) is 4.74 Å². The van der Waals surface area contributed by atoms with E-state index in [1.807, 2.05) is 30.3 Å². The van der Waals surface area contributed by atoms with Gasteiger partial charge in [-0.3, -0.25) is 0 Å². The summed E-state index contributed by atoms with van der Waals surface area (Å²) in [5.74, 6) is 0.883. The second kappa shape index (κ2) is 9.18. The summed E-state index contributed by atoms with van der Waals surface area (Å²) in [5.41, 5.74) is 4.64. The molecule has 134 valence electrons. The van der Waals surface area contributed by atoms with E-state index in [0.29, 0.717) is 0 Å². The van der Waals surface area contributed by atoms with Gasteiger partial charge in [-0.25, -0.2) is 0 Å². The van der Waals surface area contributed by atoms with Crippen molar-refractivity contribution in [3.8, 4) is 5.75 Å². The second-order valence-electron chi connectivity index (χ2n) is 6.37. The molecule has 3 rings (SSSR count). The highest BCUT2D eigenvalue weighted by Gasteiger charge is 2.12. The van der Waals surface area contributed by atoms with Crippen LogP contribution in [0.15, 0.2) is 78.9 Å². The zero-order valence-electron chi connectivity index (χ0n) is 15.1. The third-order valence-electron chi connectivity index (χ3n) is 4.53. The van der Waals surface area contributed by atoms with Gasteiger partial charge in [-0.2, -0.15) is 0 Å². The fraction of sp³-hybridized carbons (Fsp3) is 0.217. The minimum atomic E-state index is 0.0796. The highest BCUT2D eigenvalue weighted by atomic mass is 16.5. The molecular weight excluding hydrogens is 322 g/mol. The first-order chi connectivity index (χ1) is 12.8. The molecule has 2 N–H and O–H groups in total. The van der Waals surface area contributed by atoms with Gasteiger partial charge < -0.3 is 15.2 Å². The Bertz CT molecular complexity index is 800. The molecule has 0 aromatic heterocycles. The summed E-state index contributed by atoms with van der Waals surface area (Å²) in [7, 11) is 1.70. The van der Waals surface area contributed by atoms with E-state index in [0.717, 1.165) is 24.3 Å². The minimum Gasteiger partial charge on any atom is -0.497 e. The van der Waals surface area contributed by atoms with Crippen molar-refractivity contribution in [2.24, 2.45) is 0 Å². The molecule has 1 unspecified atom stereocenters. The molecule has 3 aromatic carbocycles. The lowest BCUT2D eigenvalue weighted by molar-refractivity contribution is 0.282. The van der Waals surface area contributed by atoms with Gasteiger partial charge in [0.05, 0.1) is 13.7 Å². The molecule has 3 nitrogen and oxygen atoms in total. The highest BCUT2D eigenvalue weighted by molar-refractivity contribution is 5.31. The zero-order chi connectivity index (χ0) is 18.2. The predicted octanol–water partition coefficient (Wildman–Crippen LogP) is 4.26. The van der Waals surface area contributed by atoms with Crippen LogP contribution in [-0.4, -0.2) is 12.2 Å². The van der Waals surface area contributed by atoms with Crippen molar-refractivity contribution in [1.29, 1.82) is 0 Å². The van der Waals surface area contributed by atoms with Gasteiger partial charge in [0.2, 0.25) is 0 Å². The summed E-state index contributed by atoms with van der Waals surface area (Å²) in [6, 6.07) is 27.0. The molecular formula is C23H25NO2. The number of hydrogen-bond acceptors (Lipinski definition) is 3. The van der Waals surface area contributed by atoms with Crippen molar-refractivity contribution in [2.45, 2.75) is 25.6 Å². The van der Waals surface area contributed by atoms with Crippen LogP contribution in [-0.2, 0) is 19.6 Å². The summed E-state index contributed by atoms with van der Waals surface area (Å²) in [6.07, 6.45) is 0.885. The lowest BCUT2D eigenvalue weighted by atomic mass is 9.98. The van der Waals surface area contributed by atoms with E-state index in [1.54, 1.807) is 7.11 Å². The quantitative estimate of drug-likeness (QED) is 0.640. The van der Waals surface area contributed by atoms with Gasteiger partial charge in [0, 0.05) is 12.6 Å². The molecule has 0 fully saturated rings. The van der Waals surface area contributed by atoms with E-state index in [1.165, 1.54) is 16.7 Å². The maximum Gasteiger partial charge on any atom is 0.119 e. The van der Waals surface area contributed by atoms with E-state index in [-0.39, 0.29) is 12.6 Å². The fourth-order valence-corrected chi connectivity index (χ4v) is 3.03. The lowest BCUT2D eigenvalue weighted by Gasteiger charge is -2.20. The first kappa shape index (κ1) is 18.2. The molecule has 3 aromatic rings. The van der Waals surface area contributed by atoms with Gasteiger partial charge in [-0.05, 0) is 40.8 Å². The van der Waals surface area contributed by atoms with Crippen LogP contribution in [0.25, 0.3) is 0 Å². The van der Waals surface area contributed by atoms with Crippen molar-refractivity contribution in [1.82, 2.24) is 5.32 Å². The van der Waals surface area contributed by atoms with Crippen molar-refractivity contribution < 1.29 is 9.84 Å². The monoisotopic (exact) mass is 347 g/mol. The number of hydrogen-bond donors (Lipinski definition) is 2. The molecule has 0 aliphatic carbocycles. The van der Waals surface area contributed by atoms with Gasteiger partial charge in [0.25, 0.3) is 0 Å². The van der Waals surface area contributed by atoms with Crippen LogP contribution >= 0.6 is 0 Å². The molecule has 0 aliphatic rings. The molecule has 0 spiro atoms. The van der Waals surface area contributed by atoms with Gasteiger partial charge in [-0.15, -0.1) is 0 Å². The smallest absolute Gasteiger partial charge is 0.119 e. The number of methoxy groups -OCH3 is 1. The summed E-state index contributed by atoms with van der Waals surface area (Å²) >= 11 is 0. The Morgan fingerprint density at radius 2 is 1.58 bits per heavy atom. The Morgan fingerprint density at radius 1 is 0.846 bits per heavy atom. The highest BCUT2D eigenvalue weighted by Crippen LogP contribution is 2.22. The molecule has 1 atom stereocenters. The van der Waals surface area contributed by atoms with Crippen molar-refractivity contribution in [3.63, 3.8) is 0 Å². The minimum absolute atomic E-state index is 0.0796. The standard InChI is InChI=1S/C23H25NO2/c1-26-22-9-5-6-20(14-22)15-23(21-7-3-2-4-8-21)24-16-18-10-12-19(17-25)13-11-18/h2-14,23-25H,15-17H2,1H3. The molecule has 3 heteroatoms.